The van der Waals surface area contributed by atoms with Crippen molar-refractivity contribution in [3.8, 4) is 0 Å². The number of thiazole rings is 1. The van der Waals surface area contributed by atoms with Gasteiger partial charge in [-0.05, 0) is 32.1 Å². The van der Waals surface area contributed by atoms with Crippen molar-refractivity contribution in [3.63, 3.8) is 0 Å². The molecule has 0 spiro atoms. The van der Waals surface area contributed by atoms with Crippen molar-refractivity contribution < 1.29 is 9.53 Å². The van der Waals surface area contributed by atoms with Gasteiger partial charge in [-0.25, -0.2) is 4.98 Å². The predicted octanol–water partition coefficient (Wildman–Crippen LogP) is 2.13. The number of hydrogen-bond donors (Lipinski definition) is 2. The number of halogens is 1. The Balaban J connectivity index is 0.00000200. The first kappa shape index (κ1) is 17.4. The Morgan fingerprint density at radius 1 is 1.55 bits per heavy atom. The van der Waals surface area contributed by atoms with Gasteiger partial charge in [-0.15, -0.1) is 23.7 Å². The number of aromatic nitrogens is 1. The first-order valence-corrected chi connectivity index (χ1v) is 7.54. The van der Waals surface area contributed by atoms with Crippen LogP contribution in [0.4, 0.5) is 5.13 Å². The molecule has 1 aromatic rings. The Labute approximate surface area is 129 Å². The largest absolute Gasteiger partial charge is 0.381 e. The van der Waals surface area contributed by atoms with E-state index in [9.17, 15) is 4.79 Å². The third-order valence-electron chi connectivity index (χ3n) is 3.53. The SMILES string of the molecule is CCc1nc(NC(=O)C(N)C2CCOCC2)sc1C.Cl. The Hall–Kier alpha value is -0.690. The van der Waals surface area contributed by atoms with Gasteiger partial charge in [-0.3, -0.25) is 4.79 Å². The normalized spacial score (nSPS) is 17.4. The Morgan fingerprint density at radius 3 is 2.75 bits per heavy atom. The Morgan fingerprint density at radius 2 is 2.20 bits per heavy atom. The molecule has 114 valence electrons. The third-order valence-corrected chi connectivity index (χ3v) is 4.46. The van der Waals surface area contributed by atoms with Crippen LogP contribution in [0.1, 0.15) is 30.3 Å². The second-order valence-electron chi connectivity index (χ2n) is 4.84. The number of nitrogens with one attached hydrogen (secondary N) is 1. The summed E-state index contributed by atoms with van der Waals surface area (Å²) in [6.07, 6.45) is 2.58. The molecule has 5 nitrogen and oxygen atoms in total. The highest BCUT2D eigenvalue weighted by Crippen LogP contribution is 2.24. The number of aryl methyl sites for hydroxylation is 2. The monoisotopic (exact) mass is 319 g/mol. The molecular weight excluding hydrogens is 298 g/mol. The van der Waals surface area contributed by atoms with Crippen LogP contribution in [-0.4, -0.2) is 30.1 Å². The molecule has 1 aromatic heterocycles. The van der Waals surface area contributed by atoms with Crippen LogP contribution in [0, 0.1) is 12.8 Å². The van der Waals surface area contributed by atoms with Crippen LogP contribution in [0.2, 0.25) is 0 Å². The van der Waals surface area contributed by atoms with Gasteiger partial charge in [0.05, 0.1) is 11.7 Å². The van der Waals surface area contributed by atoms with E-state index in [4.69, 9.17) is 10.5 Å². The minimum absolute atomic E-state index is 0. The molecule has 0 aromatic carbocycles. The highest BCUT2D eigenvalue weighted by atomic mass is 35.5. The molecule has 0 radical (unpaired) electrons. The van der Waals surface area contributed by atoms with Crippen LogP contribution in [0.25, 0.3) is 0 Å². The quantitative estimate of drug-likeness (QED) is 0.891. The number of rotatable bonds is 4. The fourth-order valence-corrected chi connectivity index (χ4v) is 3.19. The van der Waals surface area contributed by atoms with E-state index in [1.165, 1.54) is 11.3 Å². The number of anilines is 1. The topological polar surface area (TPSA) is 77.2 Å². The van der Waals surface area contributed by atoms with Gasteiger partial charge in [-0.2, -0.15) is 0 Å². The lowest BCUT2D eigenvalue weighted by molar-refractivity contribution is -0.119. The van der Waals surface area contributed by atoms with Gasteiger partial charge in [0.2, 0.25) is 5.91 Å². The summed E-state index contributed by atoms with van der Waals surface area (Å²) < 4.78 is 5.28. The van der Waals surface area contributed by atoms with Crippen LogP contribution in [-0.2, 0) is 16.0 Å². The summed E-state index contributed by atoms with van der Waals surface area (Å²) in [7, 11) is 0. The second kappa shape index (κ2) is 7.93. The highest BCUT2D eigenvalue weighted by molar-refractivity contribution is 7.15. The maximum atomic E-state index is 12.1. The van der Waals surface area contributed by atoms with Gasteiger partial charge in [0.25, 0.3) is 0 Å². The lowest BCUT2D eigenvalue weighted by Crippen LogP contribution is -2.43. The average Bonchev–Trinajstić information content (AvgIpc) is 2.78. The van der Waals surface area contributed by atoms with E-state index in [-0.39, 0.29) is 24.2 Å². The molecule has 0 bridgehead atoms. The standard InChI is InChI=1S/C13H21N3O2S.ClH/c1-3-10-8(2)19-13(15-10)16-12(17)11(14)9-4-6-18-7-5-9;/h9,11H,3-7,14H2,1-2H3,(H,15,16,17);1H. The van der Waals surface area contributed by atoms with Gasteiger partial charge >= 0.3 is 0 Å². The molecule has 2 heterocycles. The number of amides is 1. The number of hydrogen-bond acceptors (Lipinski definition) is 5. The molecule has 1 aliphatic rings. The average molecular weight is 320 g/mol. The van der Waals surface area contributed by atoms with Crippen molar-refractivity contribution in [2.75, 3.05) is 18.5 Å². The molecule has 1 saturated heterocycles. The summed E-state index contributed by atoms with van der Waals surface area (Å²) in [6, 6.07) is -0.474. The molecule has 0 saturated carbocycles. The molecule has 20 heavy (non-hydrogen) atoms. The molecule has 3 N–H and O–H groups in total. The molecule has 7 heteroatoms. The van der Waals surface area contributed by atoms with Gasteiger partial charge in [0, 0.05) is 18.1 Å². The summed E-state index contributed by atoms with van der Waals surface area (Å²) in [6.45, 7) is 5.47. The maximum Gasteiger partial charge on any atom is 0.243 e. The highest BCUT2D eigenvalue weighted by Gasteiger charge is 2.27. The molecule has 1 amide bonds. The van der Waals surface area contributed by atoms with Gasteiger partial charge in [0.15, 0.2) is 5.13 Å². The van der Waals surface area contributed by atoms with E-state index in [0.29, 0.717) is 18.3 Å². The van der Waals surface area contributed by atoms with Crippen molar-refractivity contribution in [1.82, 2.24) is 4.98 Å². The number of nitrogens with two attached hydrogens (primary N) is 1. The third kappa shape index (κ3) is 4.15. The van der Waals surface area contributed by atoms with Crippen molar-refractivity contribution in [3.05, 3.63) is 10.6 Å². The van der Waals surface area contributed by atoms with E-state index < -0.39 is 6.04 Å². The summed E-state index contributed by atoms with van der Waals surface area (Å²) in [5.41, 5.74) is 7.07. The number of carbonyl (C=O) groups is 1. The van der Waals surface area contributed by atoms with Crippen LogP contribution in [0.5, 0.6) is 0 Å². The van der Waals surface area contributed by atoms with Gasteiger partial charge in [0.1, 0.15) is 0 Å². The molecule has 0 aliphatic carbocycles. The van der Waals surface area contributed by atoms with Crippen molar-refractivity contribution in [1.29, 1.82) is 0 Å². The molecule has 1 aliphatic heterocycles. The van der Waals surface area contributed by atoms with Crippen molar-refractivity contribution in [2.45, 2.75) is 39.2 Å². The fourth-order valence-electron chi connectivity index (χ4n) is 2.29. The van der Waals surface area contributed by atoms with Crippen LogP contribution in [0.3, 0.4) is 0 Å². The first-order valence-electron chi connectivity index (χ1n) is 6.72. The van der Waals surface area contributed by atoms with E-state index in [2.05, 4.69) is 17.2 Å². The first-order chi connectivity index (χ1) is 9.11. The smallest absolute Gasteiger partial charge is 0.243 e. The van der Waals surface area contributed by atoms with Crippen LogP contribution < -0.4 is 11.1 Å². The molecular formula is C13H22ClN3O2S. The molecule has 1 unspecified atom stereocenters. The summed E-state index contributed by atoms with van der Waals surface area (Å²) in [4.78, 5) is 17.7. The van der Waals surface area contributed by atoms with Crippen LogP contribution >= 0.6 is 23.7 Å². The minimum atomic E-state index is -0.474. The number of carbonyl (C=O) groups excluding carboxylic acids is 1. The fraction of sp³-hybridized carbons (Fsp3) is 0.692. The second-order valence-corrected chi connectivity index (χ2v) is 6.04. The summed E-state index contributed by atoms with van der Waals surface area (Å²) in [5, 5.41) is 3.49. The Kier molecular flexibility index (Phi) is 6.88. The zero-order valence-corrected chi connectivity index (χ0v) is 13.5. The van der Waals surface area contributed by atoms with E-state index in [0.717, 1.165) is 29.8 Å². The van der Waals surface area contributed by atoms with E-state index in [1.807, 2.05) is 6.92 Å². The number of nitrogens with zero attached hydrogens (tertiary/aromatic N) is 1. The van der Waals surface area contributed by atoms with Gasteiger partial charge in [-0.1, -0.05) is 6.92 Å². The minimum Gasteiger partial charge on any atom is -0.381 e. The zero-order chi connectivity index (χ0) is 13.8. The van der Waals surface area contributed by atoms with E-state index in [1.54, 1.807) is 0 Å². The molecule has 1 fully saturated rings. The zero-order valence-electron chi connectivity index (χ0n) is 11.8. The summed E-state index contributed by atoms with van der Waals surface area (Å²) >= 11 is 1.51. The van der Waals surface area contributed by atoms with Crippen LogP contribution in [0.15, 0.2) is 0 Å². The van der Waals surface area contributed by atoms with Gasteiger partial charge < -0.3 is 15.8 Å². The predicted molar refractivity (Wildman–Crippen MR) is 83.6 cm³/mol. The Bertz CT molecular complexity index is 447. The molecule has 1 atom stereocenters. The van der Waals surface area contributed by atoms with Crippen molar-refractivity contribution >= 4 is 34.8 Å². The van der Waals surface area contributed by atoms with Crippen molar-refractivity contribution in [2.24, 2.45) is 11.7 Å². The lowest BCUT2D eigenvalue weighted by atomic mass is 9.92. The maximum absolute atomic E-state index is 12.1. The molecule has 2 rings (SSSR count). The van der Waals surface area contributed by atoms with E-state index >= 15 is 0 Å². The number of ether oxygens (including phenoxy) is 1. The lowest BCUT2D eigenvalue weighted by Gasteiger charge is -2.26. The summed E-state index contributed by atoms with van der Waals surface area (Å²) in [5.74, 6) is 0.0729.